The SMILES string of the molecule is CCCCC1N(CC(C)C)CCN(C(=O)O)C1(CCCC)CCCC. The summed E-state index contributed by atoms with van der Waals surface area (Å²) in [6.07, 6.45) is 9.30. The van der Waals surface area contributed by atoms with Crippen LogP contribution in [0.15, 0.2) is 0 Å². The quantitative estimate of drug-likeness (QED) is 0.524. The van der Waals surface area contributed by atoms with Gasteiger partial charge >= 0.3 is 6.09 Å². The number of carbonyl (C=O) groups is 1. The van der Waals surface area contributed by atoms with Crippen LogP contribution >= 0.6 is 0 Å². The number of amides is 1. The highest BCUT2D eigenvalue weighted by molar-refractivity contribution is 5.66. The van der Waals surface area contributed by atoms with E-state index in [1.54, 1.807) is 0 Å². The Kier molecular flexibility index (Phi) is 9.84. The molecule has 1 amide bonds. The molecule has 1 heterocycles. The first-order chi connectivity index (χ1) is 11.9. The van der Waals surface area contributed by atoms with E-state index in [2.05, 4.69) is 39.5 Å². The van der Waals surface area contributed by atoms with E-state index in [0.717, 1.165) is 58.0 Å². The zero-order valence-corrected chi connectivity index (χ0v) is 17.4. The van der Waals surface area contributed by atoms with Gasteiger partial charge in [0, 0.05) is 25.7 Å². The van der Waals surface area contributed by atoms with Gasteiger partial charge in [-0.15, -0.1) is 0 Å². The van der Waals surface area contributed by atoms with Crippen LogP contribution in [0.3, 0.4) is 0 Å². The van der Waals surface area contributed by atoms with Crippen molar-refractivity contribution in [1.82, 2.24) is 9.80 Å². The summed E-state index contributed by atoms with van der Waals surface area (Å²) < 4.78 is 0. The van der Waals surface area contributed by atoms with Gasteiger partial charge in [-0.05, 0) is 25.2 Å². The van der Waals surface area contributed by atoms with Gasteiger partial charge in [0.2, 0.25) is 0 Å². The molecule has 0 aromatic rings. The average Bonchev–Trinajstić information content (AvgIpc) is 2.56. The second-order valence-electron chi connectivity index (χ2n) is 8.29. The third kappa shape index (κ3) is 5.87. The monoisotopic (exact) mass is 354 g/mol. The highest BCUT2D eigenvalue weighted by Gasteiger charge is 2.50. The molecule has 4 nitrogen and oxygen atoms in total. The van der Waals surface area contributed by atoms with Gasteiger partial charge in [0.15, 0.2) is 0 Å². The first-order valence-electron chi connectivity index (χ1n) is 10.7. The Morgan fingerprint density at radius 1 is 1.04 bits per heavy atom. The second-order valence-corrected chi connectivity index (χ2v) is 8.29. The van der Waals surface area contributed by atoms with Crippen molar-refractivity contribution >= 4 is 6.09 Å². The van der Waals surface area contributed by atoms with Crippen LogP contribution in [0.4, 0.5) is 4.79 Å². The molecule has 4 heteroatoms. The zero-order valence-electron chi connectivity index (χ0n) is 17.4. The molecule has 1 unspecified atom stereocenters. The third-order valence-electron chi connectivity index (χ3n) is 5.80. The fraction of sp³-hybridized carbons (Fsp3) is 0.952. The molecule has 0 aromatic heterocycles. The molecule has 1 aliphatic rings. The summed E-state index contributed by atoms with van der Waals surface area (Å²) in [6, 6.07) is 0.373. The number of rotatable bonds is 11. The predicted octanol–water partition coefficient (Wildman–Crippen LogP) is 5.62. The number of nitrogens with zero attached hydrogens (tertiary/aromatic N) is 2. The summed E-state index contributed by atoms with van der Waals surface area (Å²) in [4.78, 5) is 16.6. The molecule has 0 bridgehead atoms. The van der Waals surface area contributed by atoms with Gasteiger partial charge in [-0.1, -0.05) is 73.1 Å². The van der Waals surface area contributed by atoms with Gasteiger partial charge in [0.25, 0.3) is 0 Å². The summed E-state index contributed by atoms with van der Waals surface area (Å²) in [5.74, 6) is 0.621. The van der Waals surface area contributed by atoms with Crippen molar-refractivity contribution in [3.05, 3.63) is 0 Å². The molecule has 1 aliphatic heterocycles. The Labute approximate surface area is 156 Å². The van der Waals surface area contributed by atoms with Crippen LogP contribution in [0.1, 0.15) is 92.4 Å². The maximum atomic E-state index is 12.2. The van der Waals surface area contributed by atoms with Crippen molar-refractivity contribution in [3.8, 4) is 0 Å². The normalized spacial score (nSPS) is 21.0. The van der Waals surface area contributed by atoms with Crippen LogP contribution in [0.25, 0.3) is 0 Å². The summed E-state index contributed by atoms with van der Waals surface area (Å²) in [7, 11) is 0. The lowest BCUT2D eigenvalue weighted by Crippen LogP contribution is -2.69. The van der Waals surface area contributed by atoms with E-state index < -0.39 is 6.09 Å². The Balaban J connectivity index is 3.25. The third-order valence-corrected chi connectivity index (χ3v) is 5.80. The van der Waals surface area contributed by atoms with Crippen molar-refractivity contribution < 1.29 is 9.90 Å². The van der Waals surface area contributed by atoms with Crippen LogP contribution in [-0.2, 0) is 0 Å². The Morgan fingerprint density at radius 3 is 2.04 bits per heavy atom. The van der Waals surface area contributed by atoms with Crippen LogP contribution in [0, 0.1) is 5.92 Å². The second kappa shape index (κ2) is 11.1. The minimum absolute atomic E-state index is 0.194. The minimum Gasteiger partial charge on any atom is -0.465 e. The van der Waals surface area contributed by atoms with Crippen molar-refractivity contribution in [2.45, 2.75) is 104 Å². The fourth-order valence-corrected chi connectivity index (χ4v) is 4.64. The van der Waals surface area contributed by atoms with Crippen LogP contribution < -0.4 is 0 Å². The van der Waals surface area contributed by atoms with E-state index >= 15 is 0 Å². The lowest BCUT2D eigenvalue weighted by atomic mass is 9.74. The van der Waals surface area contributed by atoms with E-state index in [9.17, 15) is 9.90 Å². The molecule has 148 valence electrons. The minimum atomic E-state index is -0.710. The topological polar surface area (TPSA) is 43.8 Å². The molecule has 25 heavy (non-hydrogen) atoms. The van der Waals surface area contributed by atoms with Crippen molar-refractivity contribution in [1.29, 1.82) is 0 Å². The average molecular weight is 355 g/mol. The van der Waals surface area contributed by atoms with Gasteiger partial charge in [-0.3, -0.25) is 9.80 Å². The van der Waals surface area contributed by atoms with E-state index in [1.165, 1.54) is 12.8 Å². The maximum absolute atomic E-state index is 12.2. The molecule has 1 saturated heterocycles. The molecule has 0 spiro atoms. The Morgan fingerprint density at radius 2 is 1.60 bits per heavy atom. The number of carboxylic acid groups (broad SMARTS) is 1. The standard InChI is InChI=1S/C21H42N2O2/c1-6-9-12-19-21(13-10-7-2,14-11-8-3)23(20(24)25)16-15-22(19)17-18(4)5/h18-19H,6-17H2,1-5H3,(H,24,25). The molecule has 1 atom stereocenters. The molecular weight excluding hydrogens is 312 g/mol. The highest BCUT2D eigenvalue weighted by Crippen LogP contribution is 2.40. The summed E-state index contributed by atoms with van der Waals surface area (Å²) in [6.45, 7) is 13.9. The van der Waals surface area contributed by atoms with Gasteiger partial charge < -0.3 is 5.11 Å². The summed E-state index contributed by atoms with van der Waals surface area (Å²) in [5.41, 5.74) is -0.194. The molecule has 1 fully saturated rings. The van der Waals surface area contributed by atoms with E-state index in [-0.39, 0.29) is 5.54 Å². The molecular formula is C21H42N2O2. The molecule has 0 radical (unpaired) electrons. The zero-order chi connectivity index (χ0) is 18.9. The largest absolute Gasteiger partial charge is 0.465 e. The van der Waals surface area contributed by atoms with Crippen molar-refractivity contribution in [2.75, 3.05) is 19.6 Å². The Bertz CT molecular complexity index is 376. The van der Waals surface area contributed by atoms with Crippen LogP contribution in [-0.4, -0.2) is 52.2 Å². The lowest BCUT2D eigenvalue weighted by Gasteiger charge is -2.56. The number of unbranched alkanes of at least 4 members (excludes halogenated alkanes) is 3. The van der Waals surface area contributed by atoms with E-state index in [1.807, 2.05) is 4.90 Å². The van der Waals surface area contributed by atoms with Gasteiger partial charge in [-0.2, -0.15) is 0 Å². The van der Waals surface area contributed by atoms with Crippen LogP contribution in [0.2, 0.25) is 0 Å². The van der Waals surface area contributed by atoms with Crippen LogP contribution in [0.5, 0.6) is 0 Å². The number of hydrogen-bond donors (Lipinski definition) is 1. The van der Waals surface area contributed by atoms with Crippen molar-refractivity contribution in [2.24, 2.45) is 5.92 Å². The van der Waals surface area contributed by atoms with Gasteiger partial charge in [0.1, 0.15) is 0 Å². The Hall–Kier alpha value is -0.770. The van der Waals surface area contributed by atoms with Gasteiger partial charge in [-0.25, -0.2) is 4.79 Å². The van der Waals surface area contributed by atoms with E-state index in [0.29, 0.717) is 18.5 Å². The fourth-order valence-electron chi connectivity index (χ4n) is 4.64. The molecule has 1 rings (SSSR count). The molecule has 0 saturated carbocycles. The first kappa shape index (κ1) is 22.3. The summed E-state index contributed by atoms with van der Waals surface area (Å²) >= 11 is 0. The van der Waals surface area contributed by atoms with Gasteiger partial charge in [0.05, 0.1) is 5.54 Å². The lowest BCUT2D eigenvalue weighted by molar-refractivity contribution is -0.0596. The molecule has 0 aliphatic carbocycles. The molecule has 0 aromatic carbocycles. The predicted molar refractivity (Wildman–Crippen MR) is 106 cm³/mol. The van der Waals surface area contributed by atoms with Crippen molar-refractivity contribution in [3.63, 3.8) is 0 Å². The number of hydrogen-bond acceptors (Lipinski definition) is 2. The first-order valence-corrected chi connectivity index (χ1v) is 10.7. The highest BCUT2D eigenvalue weighted by atomic mass is 16.4. The summed E-state index contributed by atoms with van der Waals surface area (Å²) in [5, 5.41) is 9.99. The smallest absolute Gasteiger partial charge is 0.407 e. The molecule has 1 N–H and O–H groups in total. The maximum Gasteiger partial charge on any atom is 0.407 e. The number of piperazine rings is 1. The van der Waals surface area contributed by atoms with E-state index in [4.69, 9.17) is 0 Å².